The van der Waals surface area contributed by atoms with Gasteiger partial charge in [-0.2, -0.15) is 4.98 Å². The molecular formula is C46H51FN12O4. The van der Waals surface area contributed by atoms with Gasteiger partial charge in [-0.05, 0) is 74.2 Å². The largest absolute Gasteiger partial charge is 0.372 e. The Balaban J connectivity index is 0.768. The fraction of sp³-hybridized carbons (Fsp3) is 0.391. The van der Waals surface area contributed by atoms with Crippen LogP contribution in [-0.2, 0) is 10.2 Å². The number of hydrogen-bond donors (Lipinski definition) is 3. The van der Waals surface area contributed by atoms with Gasteiger partial charge in [0.2, 0.25) is 5.91 Å². The van der Waals surface area contributed by atoms with E-state index in [-0.39, 0.29) is 23.2 Å². The minimum Gasteiger partial charge on any atom is -0.372 e. The van der Waals surface area contributed by atoms with Crippen molar-refractivity contribution in [2.75, 3.05) is 67.1 Å². The maximum Gasteiger partial charge on any atom is 0.328 e. The summed E-state index contributed by atoms with van der Waals surface area (Å²) >= 11 is 0. The lowest BCUT2D eigenvalue weighted by Gasteiger charge is -2.40. The molecule has 4 amide bonds. The third-order valence-electron chi connectivity index (χ3n) is 12.3. The number of aromatic nitrogens is 6. The van der Waals surface area contributed by atoms with Gasteiger partial charge in [0.1, 0.15) is 17.8 Å². The first-order valence-corrected chi connectivity index (χ1v) is 21.5. The molecule has 3 saturated heterocycles. The van der Waals surface area contributed by atoms with Crippen molar-refractivity contribution in [2.45, 2.75) is 58.4 Å². The van der Waals surface area contributed by atoms with Crippen LogP contribution in [0.4, 0.5) is 26.2 Å². The minimum atomic E-state index is -0.666. The second-order valence-electron chi connectivity index (χ2n) is 17.7. The summed E-state index contributed by atoms with van der Waals surface area (Å²) in [5.41, 5.74) is 6.26. The quantitative estimate of drug-likeness (QED) is 0.137. The Bertz CT molecular complexity index is 2620. The van der Waals surface area contributed by atoms with E-state index in [0.717, 1.165) is 92.5 Å². The summed E-state index contributed by atoms with van der Waals surface area (Å²) in [5.74, 6) is -0.408. The van der Waals surface area contributed by atoms with Crippen molar-refractivity contribution in [1.29, 1.82) is 0 Å². The molecule has 17 heteroatoms. The molecule has 326 valence electrons. The van der Waals surface area contributed by atoms with Gasteiger partial charge in [0.05, 0.1) is 35.0 Å². The number of nitrogens with zero attached hydrogens (tertiary/aromatic N) is 9. The lowest BCUT2D eigenvalue weighted by Crippen LogP contribution is -2.49. The summed E-state index contributed by atoms with van der Waals surface area (Å²) in [4.78, 5) is 66.9. The lowest BCUT2D eigenvalue weighted by molar-refractivity contribution is -0.120. The molecule has 0 aliphatic carbocycles. The van der Waals surface area contributed by atoms with Gasteiger partial charge in [-0.15, -0.1) is 0 Å². The van der Waals surface area contributed by atoms with E-state index < -0.39 is 17.8 Å². The molecule has 0 spiro atoms. The summed E-state index contributed by atoms with van der Waals surface area (Å²) in [5, 5.41) is 9.78. The van der Waals surface area contributed by atoms with Gasteiger partial charge in [-0.3, -0.25) is 29.7 Å². The maximum atomic E-state index is 15.6. The average Bonchev–Trinajstić information content (AvgIpc) is 3.97. The number of rotatable bonds is 10. The summed E-state index contributed by atoms with van der Waals surface area (Å²) in [6.07, 6.45) is 5.96. The molecule has 16 nitrogen and oxygen atoms in total. The molecule has 2 aromatic carbocycles. The lowest BCUT2D eigenvalue weighted by atomic mass is 9.95. The van der Waals surface area contributed by atoms with Crippen molar-refractivity contribution >= 4 is 45.9 Å². The number of aromatic amines is 1. The number of fused-ring (bicyclic) bond motifs is 1. The van der Waals surface area contributed by atoms with Crippen molar-refractivity contribution < 1.29 is 23.3 Å². The Morgan fingerprint density at radius 1 is 0.889 bits per heavy atom. The van der Waals surface area contributed by atoms with E-state index in [0.29, 0.717) is 47.2 Å². The Morgan fingerprint density at radius 3 is 2.30 bits per heavy atom. The highest BCUT2D eigenvalue weighted by Crippen LogP contribution is 2.33. The number of piperidine rings is 1. The number of imide groups is 1. The zero-order valence-electron chi connectivity index (χ0n) is 35.9. The van der Waals surface area contributed by atoms with Gasteiger partial charge in [0.15, 0.2) is 5.82 Å². The Labute approximate surface area is 364 Å². The van der Waals surface area contributed by atoms with Gasteiger partial charge in [-0.1, -0.05) is 38.1 Å². The fourth-order valence-electron chi connectivity index (χ4n) is 8.60. The molecular weight excluding hydrogens is 804 g/mol. The zero-order valence-corrected chi connectivity index (χ0v) is 35.9. The second-order valence-corrected chi connectivity index (χ2v) is 17.7. The summed E-state index contributed by atoms with van der Waals surface area (Å²) in [6, 6.07) is 18.0. The number of benzene rings is 2. The summed E-state index contributed by atoms with van der Waals surface area (Å²) in [7, 11) is 0. The van der Waals surface area contributed by atoms with Crippen molar-refractivity contribution in [1.82, 2.24) is 45.6 Å². The first-order valence-electron chi connectivity index (χ1n) is 21.5. The van der Waals surface area contributed by atoms with Gasteiger partial charge < -0.3 is 24.6 Å². The summed E-state index contributed by atoms with van der Waals surface area (Å²) in [6.45, 7) is 14.8. The minimum absolute atomic E-state index is 0.173. The molecule has 9 rings (SSSR count). The predicted octanol–water partition coefficient (Wildman–Crippen LogP) is 6.48. The molecule has 0 saturated carbocycles. The average molecular weight is 855 g/mol. The van der Waals surface area contributed by atoms with E-state index in [9.17, 15) is 14.4 Å². The molecule has 7 heterocycles. The van der Waals surface area contributed by atoms with Crippen LogP contribution in [0.5, 0.6) is 0 Å². The monoisotopic (exact) mass is 854 g/mol. The van der Waals surface area contributed by atoms with Crippen LogP contribution in [0.2, 0.25) is 0 Å². The van der Waals surface area contributed by atoms with Crippen molar-refractivity contribution in [3.8, 4) is 22.6 Å². The number of pyridine rings is 1. The van der Waals surface area contributed by atoms with Crippen molar-refractivity contribution in [3.63, 3.8) is 0 Å². The first-order chi connectivity index (χ1) is 30.4. The predicted molar refractivity (Wildman–Crippen MR) is 237 cm³/mol. The second kappa shape index (κ2) is 17.2. The number of amides is 4. The number of urea groups is 1. The number of nitrogens with one attached hydrogen (secondary N) is 3. The van der Waals surface area contributed by atoms with Crippen LogP contribution in [0, 0.1) is 11.7 Å². The van der Waals surface area contributed by atoms with Crippen molar-refractivity contribution in [2.24, 2.45) is 5.92 Å². The highest BCUT2D eigenvalue weighted by Gasteiger charge is 2.28. The Hall–Kier alpha value is -6.75. The van der Waals surface area contributed by atoms with E-state index >= 15 is 4.39 Å². The number of piperazine rings is 1. The molecule has 6 aromatic rings. The number of H-pyrrole nitrogens is 1. The molecule has 63 heavy (non-hydrogen) atoms. The van der Waals surface area contributed by atoms with Crippen LogP contribution in [0.1, 0.15) is 75.1 Å². The standard InChI is InChI=1S/C46H51FN12O4/c1-28(51-42(61)43-54-44(55-63-43)46(2,3)4)34-11-5-30(23-36(34)47)40-35-24-38(52-41(35)50-27-49-40)37-12-10-33(25-48-37)58-21-19-56(20-22-58)26-29-13-16-57(17-14-29)31-6-8-32(9-7-31)59-18-15-39(60)53-45(59)62/h5-12,23-25,27-29H,13-22,26H2,1-4H3,(H,51,61)(H,49,50,52)(H,53,60,62). The van der Waals surface area contributed by atoms with E-state index in [2.05, 4.69) is 68.6 Å². The third kappa shape index (κ3) is 8.96. The van der Waals surface area contributed by atoms with E-state index in [1.807, 2.05) is 51.2 Å². The topological polar surface area (TPSA) is 182 Å². The third-order valence-corrected chi connectivity index (χ3v) is 12.3. The van der Waals surface area contributed by atoms with Gasteiger partial charge in [0.25, 0.3) is 0 Å². The highest BCUT2D eigenvalue weighted by molar-refractivity contribution is 6.05. The van der Waals surface area contributed by atoms with Crippen LogP contribution in [0.3, 0.4) is 0 Å². The van der Waals surface area contributed by atoms with Crippen LogP contribution in [0.25, 0.3) is 33.7 Å². The van der Waals surface area contributed by atoms with Crippen LogP contribution >= 0.6 is 0 Å². The number of carbonyl (C=O) groups is 3. The van der Waals surface area contributed by atoms with Gasteiger partial charge in [0, 0.05) is 92.1 Å². The number of halogens is 1. The highest BCUT2D eigenvalue weighted by atomic mass is 19.1. The molecule has 1 unspecified atom stereocenters. The van der Waals surface area contributed by atoms with Gasteiger partial charge >= 0.3 is 17.8 Å². The van der Waals surface area contributed by atoms with E-state index in [1.165, 1.54) is 12.4 Å². The molecule has 3 aliphatic rings. The van der Waals surface area contributed by atoms with Crippen molar-refractivity contribution in [3.05, 3.63) is 96.3 Å². The maximum absolute atomic E-state index is 15.6. The number of anilines is 3. The Morgan fingerprint density at radius 2 is 1.62 bits per heavy atom. The van der Waals surface area contributed by atoms with Crippen LogP contribution < -0.4 is 25.3 Å². The first kappa shape index (κ1) is 41.6. The smallest absolute Gasteiger partial charge is 0.328 e. The van der Waals surface area contributed by atoms with Crippen LogP contribution in [-0.4, -0.2) is 105 Å². The normalized spacial score (nSPS) is 17.3. The SMILES string of the molecule is CC(NC(=O)c1nc(C(C)(C)C)no1)c1ccc(-c2ncnc3[nH]c(-c4ccc(N5CCN(CC6CCN(c7ccc(N8CCC(=O)NC8=O)cc7)CC6)CC5)cn4)cc23)cc1F. The molecule has 1 atom stereocenters. The van der Waals surface area contributed by atoms with Crippen LogP contribution in [0.15, 0.2) is 77.7 Å². The molecule has 4 aromatic heterocycles. The molecule has 0 bridgehead atoms. The molecule has 3 N–H and O–H groups in total. The fourth-order valence-corrected chi connectivity index (χ4v) is 8.60. The molecule has 3 aliphatic heterocycles. The Kier molecular flexibility index (Phi) is 11.4. The van der Waals surface area contributed by atoms with E-state index in [1.54, 1.807) is 24.0 Å². The van der Waals surface area contributed by atoms with E-state index in [4.69, 9.17) is 9.51 Å². The summed E-state index contributed by atoms with van der Waals surface area (Å²) < 4.78 is 20.8. The molecule has 0 radical (unpaired) electrons. The number of carbonyl (C=O) groups excluding carboxylic acids is 3. The zero-order chi connectivity index (χ0) is 43.8. The molecule has 3 fully saturated rings. The van der Waals surface area contributed by atoms with Gasteiger partial charge in [-0.25, -0.2) is 19.2 Å². The number of hydrogen-bond acceptors (Lipinski definition) is 12.